The van der Waals surface area contributed by atoms with E-state index < -0.39 is 36.5 Å². The SMILES string of the molecule is CCc1cc(Cl)c(CC(OC(=O)c2ccc(NC(C(=O)OC3CN4CCC3CC4)c3ccc(F)cc3)cc2)c2ccc(OC(F)F)c(OCC3CC3)c2)c(Cl)c1. The number of aryl methyl sites for hydroxylation is 1. The fraction of sp³-hybridized carbons (Fsp3) is 0.395. The van der Waals surface area contributed by atoms with Crippen molar-refractivity contribution in [2.24, 2.45) is 11.8 Å². The molecule has 13 heteroatoms. The Kier molecular flexibility index (Phi) is 12.6. The molecule has 0 radical (unpaired) electrons. The Bertz CT molecular complexity index is 1980. The van der Waals surface area contributed by atoms with Crippen molar-refractivity contribution in [3.8, 4) is 11.5 Å². The number of anilines is 1. The number of hydrogen-bond acceptors (Lipinski definition) is 8. The molecule has 296 valence electrons. The number of alkyl halides is 2. The van der Waals surface area contributed by atoms with Crippen molar-refractivity contribution in [1.29, 1.82) is 0 Å². The maximum absolute atomic E-state index is 13.9. The van der Waals surface area contributed by atoms with Crippen LogP contribution < -0.4 is 14.8 Å². The molecule has 3 unspecified atom stereocenters. The highest BCUT2D eigenvalue weighted by atomic mass is 35.5. The van der Waals surface area contributed by atoms with Crippen LogP contribution in [-0.4, -0.2) is 55.8 Å². The number of hydrogen-bond donors (Lipinski definition) is 1. The third-order valence-corrected chi connectivity index (χ3v) is 11.4. The zero-order valence-corrected chi connectivity index (χ0v) is 32.3. The number of benzene rings is 4. The number of halogens is 5. The first-order chi connectivity index (χ1) is 27.0. The van der Waals surface area contributed by atoms with Crippen molar-refractivity contribution in [2.45, 2.75) is 70.3 Å². The number of rotatable bonds is 16. The molecule has 4 aromatic carbocycles. The molecule has 3 atom stereocenters. The Morgan fingerprint density at radius 3 is 2.16 bits per heavy atom. The summed E-state index contributed by atoms with van der Waals surface area (Å²) in [4.78, 5) is 29.8. The van der Waals surface area contributed by atoms with Gasteiger partial charge in [-0.25, -0.2) is 14.0 Å². The molecule has 8 rings (SSSR count). The lowest BCUT2D eigenvalue weighted by Gasteiger charge is -2.44. The van der Waals surface area contributed by atoms with Crippen molar-refractivity contribution in [3.63, 3.8) is 0 Å². The van der Waals surface area contributed by atoms with Gasteiger partial charge in [0.2, 0.25) is 0 Å². The Labute approximate surface area is 334 Å². The molecule has 4 aliphatic rings. The second-order valence-corrected chi connectivity index (χ2v) is 15.5. The van der Waals surface area contributed by atoms with Gasteiger partial charge in [-0.05, 0) is 140 Å². The molecular weight excluding hydrogens is 768 g/mol. The summed E-state index contributed by atoms with van der Waals surface area (Å²) in [5.41, 5.74) is 3.19. The first kappa shape index (κ1) is 39.8. The molecule has 0 aromatic heterocycles. The van der Waals surface area contributed by atoms with E-state index in [1.54, 1.807) is 42.5 Å². The van der Waals surface area contributed by atoms with Gasteiger partial charge >= 0.3 is 18.6 Å². The van der Waals surface area contributed by atoms with E-state index in [0.717, 1.165) is 44.3 Å². The Balaban J connectivity index is 1.12. The average molecular weight is 812 g/mol. The first-order valence-corrected chi connectivity index (χ1v) is 19.7. The highest BCUT2D eigenvalue weighted by Crippen LogP contribution is 2.39. The summed E-state index contributed by atoms with van der Waals surface area (Å²) >= 11 is 13.4. The summed E-state index contributed by atoms with van der Waals surface area (Å²) in [6.45, 7) is 1.94. The van der Waals surface area contributed by atoms with Gasteiger partial charge in [0, 0.05) is 28.7 Å². The predicted molar refractivity (Wildman–Crippen MR) is 207 cm³/mol. The summed E-state index contributed by atoms with van der Waals surface area (Å²) in [6, 6.07) is 19.2. The summed E-state index contributed by atoms with van der Waals surface area (Å²) in [6.07, 6.45) is 3.53. The van der Waals surface area contributed by atoms with Crippen LogP contribution in [0.3, 0.4) is 0 Å². The molecule has 3 heterocycles. The summed E-state index contributed by atoms with van der Waals surface area (Å²) < 4.78 is 63.3. The van der Waals surface area contributed by atoms with Gasteiger partial charge in [-0.2, -0.15) is 8.78 Å². The van der Waals surface area contributed by atoms with Crippen LogP contribution in [0.25, 0.3) is 0 Å². The van der Waals surface area contributed by atoms with Crippen LogP contribution in [0.1, 0.15) is 77.4 Å². The van der Waals surface area contributed by atoms with Crippen molar-refractivity contribution in [3.05, 3.63) is 123 Å². The normalized spacial score (nSPS) is 19.9. The molecule has 4 aromatic rings. The monoisotopic (exact) mass is 810 g/mol. The number of nitrogens with one attached hydrogen (secondary N) is 1. The van der Waals surface area contributed by atoms with E-state index in [9.17, 15) is 22.8 Å². The molecule has 3 saturated heterocycles. The van der Waals surface area contributed by atoms with Gasteiger partial charge in [-0.3, -0.25) is 4.90 Å². The quantitative estimate of drug-likeness (QED) is 0.112. The maximum Gasteiger partial charge on any atom is 0.387 e. The molecule has 1 aliphatic carbocycles. The van der Waals surface area contributed by atoms with E-state index in [4.69, 9.17) is 42.1 Å². The fourth-order valence-electron chi connectivity index (χ4n) is 7.25. The molecule has 0 amide bonds. The molecule has 1 saturated carbocycles. The van der Waals surface area contributed by atoms with E-state index in [-0.39, 0.29) is 29.6 Å². The molecule has 56 heavy (non-hydrogen) atoms. The Hall–Kier alpha value is -4.45. The highest BCUT2D eigenvalue weighted by molar-refractivity contribution is 6.36. The van der Waals surface area contributed by atoms with Crippen LogP contribution in [0.4, 0.5) is 18.9 Å². The third kappa shape index (κ3) is 9.91. The number of ether oxygens (including phenoxy) is 4. The van der Waals surface area contributed by atoms with Crippen molar-refractivity contribution < 1.29 is 41.7 Å². The maximum atomic E-state index is 13.9. The van der Waals surface area contributed by atoms with Gasteiger partial charge in [0.1, 0.15) is 18.0 Å². The first-order valence-electron chi connectivity index (χ1n) is 19.0. The van der Waals surface area contributed by atoms with Gasteiger partial charge in [0.05, 0.1) is 12.2 Å². The molecular formula is C43H43Cl2F3N2O6. The van der Waals surface area contributed by atoms with Gasteiger partial charge in [0.25, 0.3) is 0 Å². The second-order valence-electron chi connectivity index (χ2n) is 14.6. The Morgan fingerprint density at radius 1 is 0.875 bits per heavy atom. The van der Waals surface area contributed by atoms with E-state index in [2.05, 4.69) is 10.2 Å². The number of piperidine rings is 3. The lowest BCUT2D eigenvalue weighted by Crippen LogP contribution is -2.52. The summed E-state index contributed by atoms with van der Waals surface area (Å²) in [5.74, 6) is -0.969. The van der Waals surface area contributed by atoms with Crippen LogP contribution in [0.2, 0.25) is 10.0 Å². The number of nitrogens with zero attached hydrogens (tertiary/aromatic N) is 1. The zero-order chi connectivity index (χ0) is 39.3. The van der Waals surface area contributed by atoms with Crippen LogP contribution in [0.15, 0.2) is 78.9 Å². The average Bonchev–Trinajstić information content (AvgIpc) is 4.03. The topological polar surface area (TPSA) is 86.3 Å². The highest BCUT2D eigenvalue weighted by Gasteiger charge is 2.38. The van der Waals surface area contributed by atoms with E-state index in [0.29, 0.717) is 63.8 Å². The van der Waals surface area contributed by atoms with E-state index >= 15 is 0 Å². The molecule has 1 N–H and O–H groups in total. The summed E-state index contributed by atoms with van der Waals surface area (Å²) in [5, 5.41) is 4.01. The minimum Gasteiger partial charge on any atom is -0.489 e. The smallest absolute Gasteiger partial charge is 0.387 e. The lowest BCUT2D eigenvalue weighted by atomic mass is 9.86. The third-order valence-electron chi connectivity index (χ3n) is 10.7. The minimum absolute atomic E-state index is 0.0746. The van der Waals surface area contributed by atoms with Gasteiger partial charge in [0.15, 0.2) is 17.5 Å². The number of carbonyl (C=O) groups excluding carboxylic acids is 2. The molecule has 2 bridgehead atoms. The number of fused-ring (bicyclic) bond motifs is 3. The van der Waals surface area contributed by atoms with Crippen LogP contribution in [0.5, 0.6) is 11.5 Å². The fourth-order valence-corrected chi connectivity index (χ4v) is 7.94. The standard InChI is InChI=1S/C43H43Cl2F3N2O6/c1-2-25-19-34(44)33(35(45)20-25)22-37(30-9-14-36(56-43(47)48)38(21-30)53-24-26-3-4-26)54-41(51)29-7-12-32(13-8-29)49-40(28-5-10-31(46)11-6-28)42(52)55-39-23-50-17-15-27(39)16-18-50/h5-14,19-21,26-27,37,39-40,43,49H,2-4,15-18,22-24H2,1H3. The molecule has 8 nitrogen and oxygen atoms in total. The summed E-state index contributed by atoms with van der Waals surface area (Å²) in [7, 11) is 0. The van der Waals surface area contributed by atoms with Gasteiger partial charge in [-0.15, -0.1) is 0 Å². The number of carbonyl (C=O) groups is 2. The second kappa shape index (κ2) is 17.8. The minimum atomic E-state index is -3.06. The van der Waals surface area contributed by atoms with Crippen molar-refractivity contribution >= 4 is 40.8 Å². The van der Waals surface area contributed by atoms with Crippen LogP contribution in [-0.2, 0) is 27.1 Å². The Morgan fingerprint density at radius 2 is 1.55 bits per heavy atom. The lowest BCUT2D eigenvalue weighted by molar-refractivity contribution is -0.159. The largest absolute Gasteiger partial charge is 0.489 e. The van der Waals surface area contributed by atoms with Crippen LogP contribution >= 0.6 is 23.2 Å². The zero-order valence-electron chi connectivity index (χ0n) is 30.8. The van der Waals surface area contributed by atoms with Crippen LogP contribution in [0, 0.1) is 17.7 Å². The van der Waals surface area contributed by atoms with E-state index in [1.165, 1.54) is 24.3 Å². The van der Waals surface area contributed by atoms with E-state index in [1.807, 2.05) is 19.1 Å². The molecule has 0 spiro atoms. The van der Waals surface area contributed by atoms with Gasteiger partial charge < -0.3 is 24.3 Å². The molecule has 4 fully saturated rings. The van der Waals surface area contributed by atoms with Crippen molar-refractivity contribution in [2.75, 3.05) is 31.6 Å². The predicted octanol–water partition coefficient (Wildman–Crippen LogP) is 10.0. The van der Waals surface area contributed by atoms with Gasteiger partial charge in [-0.1, -0.05) is 48.3 Å². The molecule has 3 aliphatic heterocycles. The van der Waals surface area contributed by atoms with Crippen molar-refractivity contribution in [1.82, 2.24) is 4.90 Å². The number of esters is 2.